The van der Waals surface area contributed by atoms with Crippen molar-refractivity contribution < 1.29 is 18.3 Å². The first-order valence-corrected chi connectivity index (χ1v) is 11.2. The van der Waals surface area contributed by atoms with Gasteiger partial charge in [0.05, 0.1) is 17.7 Å². The maximum absolute atomic E-state index is 12.9. The number of sulfonamides is 1. The number of benzene rings is 2. The van der Waals surface area contributed by atoms with E-state index < -0.39 is 15.6 Å². The van der Waals surface area contributed by atoms with Crippen LogP contribution in [0.1, 0.15) is 25.1 Å². The van der Waals surface area contributed by atoms with Crippen molar-refractivity contribution in [3.8, 4) is 5.75 Å². The number of nitrogens with zero attached hydrogens (tertiary/aromatic N) is 2. The lowest BCUT2D eigenvalue weighted by Gasteiger charge is -2.18. The Balaban J connectivity index is 1.72. The molecule has 164 valence electrons. The third-order valence-electron chi connectivity index (χ3n) is 4.80. The van der Waals surface area contributed by atoms with Crippen molar-refractivity contribution in [2.24, 2.45) is 0 Å². The van der Waals surface area contributed by atoms with E-state index in [1.807, 2.05) is 12.1 Å². The fourth-order valence-corrected chi connectivity index (χ4v) is 4.13. The van der Waals surface area contributed by atoms with E-state index in [-0.39, 0.29) is 11.4 Å². The Labute approximate surface area is 183 Å². The number of hydrogen-bond donors (Lipinski definition) is 2. The molecule has 0 aliphatic heterocycles. The zero-order chi connectivity index (χ0) is 22.6. The average molecular weight is 442 g/mol. The number of methoxy groups -OCH3 is 1. The third-order valence-corrected chi connectivity index (χ3v) is 6.62. The molecule has 0 saturated heterocycles. The van der Waals surface area contributed by atoms with Gasteiger partial charge in [-0.15, -0.1) is 0 Å². The molecule has 0 aliphatic carbocycles. The van der Waals surface area contributed by atoms with Gasteiger partial charge in [-0.2, -0.15) is 4.31 Å². The van der Waals surface area contributed by atoms with Gasteiger partial charge < -0.3 is 15.2 Å². The fourth-order valence-electron chi connectivity index (χ4n) is 2.97. The molecule has 8 heteroatoms. The number of aromatic nitrogens is 1. The summed E-state index contributed by atoms with van der Waals surface area (Å²) >= 11 is 0. The van der Waals surface area contributed by atoms with Gasteiger partial charge in [-0.25, -0.2) is 8.42 Å². The van der Waals surface area contributed by atoms with E-state index in [4.69, 9.17) is 4.74 Å². The van der Waals surface area contributed by atoms with Gasteiger partial charge in [0.1, 0.15) is 11.4 Å². The van der Waals surface area contributed by atoms with Crippen LogP contribution in [0.25, 0.3) is 0 Å². The van der Waals surface area contributed by atoms with Crippen LogP contribution in [0, 0.1) is 0 Å². The molecule has 3 aromatic rings. The second kappa shape index (κ2) is 9.05. The molecule has 0 amide bonds. The van der Waals surface area contributed by atoms with Crippen molar-refractivity contribution in [2.75, 3.05) is 19.5 Å². The molecule has 0 bridgehead atoms. The summed E-state index contributed by atoms with van der Waals surface area (Å²) in [6, 6.07) is 17.4. The van der Waals surface area contributed by atoms with E-state index in [1.165, 1.54) is 4.31 Å². The Morgan fingerprint density at radius 3 is 2.26 bits per heavy atom. The monoisotopic (exact) mass is 441 g/mol. The van der Waals surface area contributed by atoms with Gasteiger partial charge in [-0.05, 0) is 67.9 Å². The summed E-state index contributed by atoms with van der Waals surface area (Å²) in [7, 11) is -0.492. The second-order valence-electron chi connectivity index (χ2n) is 7.75. The van der Waals surface area contributed by atoms with E-state index in [1.54, 1.807) is 82.7 Å². The highest BCUT2D eigenvalue weighted by atomic mass is 32.2. The molecule has 0 atom stereocenters. The molecule has 2 aromatic carbocycles. The molecule has 0 aliphatic rings. The second-order valence-corrected chi connectivity index (χ2v) is 9.79. The van der Waals surface area contributed by atoms with Gasteiger partial charge in [0.2, 0.25) is 10.0 Å². The summed E-state index contributed by atoms with van der Waals surface area (Å²) in [5.41, 5.74) is 1.83. The quantitative estimate of drug-likeness (QED) is 0.551. The van der Waals surface area contributed by atoms with Crippen molar-refractivity contribution >= 4 is 21.4 Å². The molecule has 1 heterocycles. The molecular weight excluding hydrogens is 414 g/mol. The number of ether oxygens (including phenoxy) is 1. The lowest BCUT2D eigenvalue weighted by atomic mass is 10.0. The maximum Gasteiger partial charge on any atom is 0.243 e. The van der Waals surface area contributed by atoms with Gasteiger partial charge in [-0.1, -0.05) is 12.1 Å². The molecule has 1 aromatic heterocycles. The summed E-state index contributed by atoms with van der Waals surface area (Å²) in [5.74, 6) is 0.723. The average Bonchev–Trinajstić information content (AvgIpc) is 2.74. The van der Waals surface area contributed by atoms with E-state index in [0.717, 1.165) is 22.7 Å². The molecule has 2 N–H and O–H groups in total. The molecule has 0 unspecified atom stereocenters. The van der Waals surface area contributed by atoms with Crippen LogP contribution in [0.5, 0.6) is 5.75 Å². The summed E-state index contributed by atoms with van der Waals surface area (Å²) in [6.07, 6.45) is 1.61. The lowest BCUT2D eigenvalue weighted by molar-refractivity contribution is 0.0739. The Morgan fingerprint density at radius 2 is 1.68 bits per heavy atom. The maximum atomic E-state index is 12.9. The van der Waals surface area contributed by atoms with Gasteiger partial charge in [-0.3, -0.25) is 4.98 Å². The first-order valence-electron chi connectivity index (χ1n) is 9.75. The number of hydrogen-bond acceptors (Lipinski definition) is 6. The van der Waals surface area contributed by atoms with E-state index in [9.17, 15) is 13.5 Å². The van der Waals surface area contributed by atoms with Crippen LogP contribution in [0.4, 0.5) is 11.4 Å². The van der Waals surface area contributed by atoms with Crippen molar-refractivity contribution in [3.63, 3.8) is 0 Å². The van der Waals surface area contributed by atoms with Gasteiger partial charge in [0.25, 0.3) is 0 Å². The Hall–Kier alpha value is -2.94. The number of nitrogens with one attached hydrogen (secondary N) is 1. The van der Waals surface area contributed by atoms with Gasteiger partial charge in [0, 0.05) is 31.2 Å². The first-order chi connectivity index (χ1) is 14.6. The Bertz CT molecular complexity index is 1120. The highest BCUT2D eigenvalue weighted by molar-refractivity contribution is 7.89. The minimum atomic E-state index is -3.64. The van der Waals surface area contributed by atoms with Crippen LogP contribution in [-0.4, -0.2) is 37.0 Å². The number of rotatable bonds is 8. The van der Waals surface area contributed by atoms with Crippen LogP contribution in [0.3, 0.4) is 0 Å². The largest absolute Gasteiger partial charge is 0.497 e. The minimum absolute atomic E-state index is 0.209. The predicted molar refractivity (Wildman–Crippen MR) is 121 cm³/mol. The molecule has 31 heavy (non-hydrogen) atoms. The zero-order valence-electron chi connectivity index (χ0n) is 18.0. The topological polar surface area (TPSA) is 91.8 Å². The SMILES string of the molecule is COc1ccc(CN(C)S(=O)(=O)c2ccc(Nc3ccnc(C(C)(C)O)c3)cc2)cc1. The summed E-state index contributed by atoms with van der Waals surface area (Å²) in [5, 5.41) is 13.3. The highest BCUT2D eigenvalue weighted by Crippen LogP contribution is 2.24. The van der Waals surface area contributed by atoms with Crippen molar-refractivity contribution in [1.82, 2.24) is 9.29 Å². The number of pyridine rings is 1. The highest BCUT2D eigenvalue weighted by Gasteiger charge is 2.21. The zero-order valence-corrected chi connectivity index (χ0v) is 18.8. The molecular formula is C23H27N3O4S. The van der Waals surface area contributed by atoms with E-state index in [2.05, 4.69) is 10.3 Å². The van der Waals surface area contributed by atoms with Crippen molar-refractivity contribution in [2.45, 2.75) is 30.9 Å². The van der Waals surface area contributed by atoms with E-state index in [0.29, 0.717) is 5.69 Å². The van der Waals surface area contributed by atoms with Crippen LogP contribution < -0.4 is 10.1 Å². The smallest absolute Gasteiger partial charge is 0.243 e. The minimum Gasteiger partial charge on any atom is -0.497 e. The number of anilines is 2. The summed E-state index contributed by atoms with van der Waals surface area (Å²) in [6.45, 7) is 3.59. The Kier molecular flexibility index (Phi) is 6.64. The molecule has 0 spiro atoms. The van der Waals surface area contributed by atoms with E-state index >= 15 is 0 Å². The first kappa shape index (κ1) is 22.7. The molecule has 0 saturated carbocycles. The summed E-state index contributed by atoms with van der Waals surface area (Å²) < 4.78 is 32.3. The van der Waals surface area contributed by atoms with Crippen LogP contribution >= 0.6 is 0 Å². The van der Waals surface area contributed by atoms with Gasteiger partial charge >= 0.3 is 0 Å². The van der Waals surface area contributed by atoms with Crippen LogP contribution in [-0.2, 0) is 22.2 Å². The van der Waals surface area contributed by atoms with Crippen molar-refractivity contribution in [1.29, 1.82) is 0 Å². The third kappa shape index (κ3) is 5.61. The molecule has 0 fully saturated rings. The fraction of sp³-hybridized carbons (Fsp3) is 0.261. The van der Waals surface area contributed by atoms with Crippen molar-refractivity contribution in [3.05, 3.63) is 78.1 Å². The normalized spacial score (nSPS) is 12.1. The lowest BCUT2D eigenvalue weighted by Crippen LogP contribution is -2.26. The molecule has 3 rings (SSSR count). The van der Waals surface area contributed by atoms with Gasteiger partial charge in [0.15, 0.2) is 0 Å². The Morgan fingerprint density at radius 1 is 1.03 bits per heavy atom. The summed E-state index contributed by atoms with van der Waals surface area (Å²) in [4.78, 5) is 4.39. The molecule has 7 nitrogen and oxygen atoms in total. The predicted octanol–water partition coefficient (Wildman–Crippen LogP) is 3.88. The number of aliphatic hydroxyl groups is 1. The standard InChI is InChI=1S/C23H27N3O4S/c1-23(2,27)22-15-19(13-14-24-22)25-18-7-11-21(12-8-18)31(28,29)26(3)16-17-5-9-20(30-4)10-6-17/h5-15,27H,16H2,1-4H3,(H,24,25). The van der Waals surface area contributed by atoms with Crippen LogP contribution in [0.15, 0.2) is 71.8 Å². The van der Waals surface area contributed by atoms with Crippen LogP contribution in [0.2, 0.25) is 0 Å². The molecule has 0 radical (unpaired) electrons.